The Morgan fingerprint density at radius 1 is 1.21 bits per heavy atom. The van der Waals surface area contributed by atoms with E-state index in [9.17, 15) is 19.5 Å². The van der Waals surface area contributed by atoms with E-state index in [0.29, 0.717) is 0 Å². The monoisotopic (exact) mass is 324 g/mol. The quantitative estimate of drug-likeness (QED) is 0.502. The summed E-state index contributed by atoms with van der Waals surface area (Å²) in [5.74, 6) is -1.75. The van der Waals surface area contributed by atoms with Crippen molar-refractivity contribution < 1.29 is 24.2 Å². The second kappa shape index (κ2) is 4.51. The third-order valence-corrected chi connectivity index (χ3v) is 5.11. The second-order valence-corrected chi connectivity index (χ2v) is 6.90. The Hall–Kier alpha value is -2.53. The fraction of sp³-hybridized carbons (Fsp3) is 0.316. The summed E-state index contributed by atoms with van der Waals surface area (Å²) in [5.41, 5.74) is -1.55. The van der Waals surface area contributed by atoms with Gasteiger partial charge < -0.3 is 9.84 Å². The molecule has 3 atom stereocenters. The SMILES string of the molecule is Cc1cccc(CC2(C)C(=O)C3=C(C2=O)C2(O)C=CC3OC2=O)c1. The van der Waals surface area contributed by atoms with Gasteiger partial charge in [-0.05, 0) is 38.0 Å². The van der Waals surface area contributed by atoms with Crippen molar-refractivity contribution in [2.45, 2.75) is 32.0 Å². The Balaban J connectivity index is 1.79. The zero-order valence-corrected chi connectivity index (χ0v) is 13.3. The molecule has 0 aromatic heterocycles. The predicted octanol–water partition coefficient (Wildman–Crippen LogP) is 1.22. The van der Waals surface area contributed by atoms with Crippen LogP contribution < -0.4 is 0 Å². The molecule has 2 bridgehead atoms. The van der Waals surface area contributed by atoms with Crippen molar-refractivity contribution in [3.63, 3.8) is 0 Å². The molecule has 3 unspecified atom stereocenters. The molecule has 1 N–H and O–H groups in total. The van der Waals surface area contributed by atoms with Gasteiger partial charge in [-0.2, -0.15) is 0 Å². The lowest BCUT2D eigenvalue weighted by Gasteiger charge is -2.36. The first kappa shape index (κ1) is 15.0. The molecule has 0 saturated carbocycles. The number of ether oxygens (including phenoxy) is 1. The van der Waals surface area contributed by atoms with Crippen LogP contribution in [0.3, 0.4) is 0 Å². The van der Waals surface area contributed by atoms with Crippen molar-refractivity contribution in [2.75, 3.05) is 0 Å². The number of carbonyl (C=O) groups is 3. The lowest BCUT2D eigenvalue weighted by atomic mass is 9.76. The van der Waals surface area contributed by atoms with Gasteiger partial charge in [0.25, 0.3) is 0 Å². The fourth-order valence-corrected chi connectivity index (χ4v) is 3.83. The lowest BCUT2D eigenvalue weighted by molar-refractivity contribution is -0.164. The predicted molar refractivity (Wildman–Crippen MR) is 84.0 cm³/mol. The van der Waals surface area contributed by atoms with Gasteiger partial charge in [0.15, 0.2) is 11.6 Å². The van der Waals surface area contributed by atoms with Crippen LogP contribution in [0.15, 0.2) is 47.6 Å². The largest absolute Gasteiger partial charge is 0.450 e. The highest BCUT2D eigenvalue weighted by atomic mass is 16.6. The lowest BCUT2D eigenvalue weighted by Crippen LogP contribution is -2.51. The van der Waals surface area contributed by atoms with E-state index in [1.54, 1.807) is 6.92 Å². The first-order valence-electron chi connectivity index (χ1n) is 7.80. The molecule has 0 radical (unpaired) electrons. The minimum atomic E-state index is -2.14. The minimum Gasteiger partial charge on any atom is -0.450 e. The maximum Gasteiger partial charge on any atom is 0.348 e. The molecule has 2 aliphatic carbocycles. The van der Waals surface area contributed by atoms with Gasteiger partial charge in [-0.15, -0.1) is 0 Å². The number of Topliss-reactive ketones (excluding diaryl/α,β-unsaturated/α-hetero) is 2. The third-order valence-electron chi connectivity index (χ3n) is 5.11. The Kier molecular flexibility index (Phi) is 2.82. The topological polar surface area (TPSA) is 80.7 Å². The van der Waals surface area contributed by atoms with Gasteiger partial charge in [0.05, 0.1) is 16.6 Å². The average molecular weight is 324 g/mol. The van der Waals surface area contributed by atoms with Gasteiger partial charge >= 0.3 is 5.97 Å². The van der Waals surface area contributed by atoms with Crippen molar-refractivity contribution in [1.29, 1.82) is 0 Å². The van der Waals surface area contributed by atoms with Crippen LogP contribution >= 0.6 is 0 Å². The molecule has 122 valence electrons. The number of rotatable bonds is 2. The fourth-order valence-electron chi connectivity index (χ4n) is 3.83. The zero-order valence-electron chi connectivity index (χ0n) is 13.3. The summed E-state index contributed by atoms with van der Waals surface area (Å²) in [5, 5.41) is 10.6. The summed E-state index contributed by atoms with van der Waals surface area (Å²) in [6.45, 7) is 3.51. The van der Waals surface area contributed by atoms with Crippen LogP contribution in [0.1, 0.15) is 18.1 Å². The van der Waals surface area contributed by atoms with E-state index < -0.39 is 28.9 Å². The first-order valence-corrected chi connectivity index (χ1v) is 7.80. The summed E-state index contributed by atoms with van der Waals surface area (Å²) in [6.07, 6.45) is 2.06. The smallest absolute Gasteiger partial charge is 0.348 e. The highest BCUT2D eigenvalue weighted by Crippen LogP contribution is 2.49. The molecule has 5 heteroatoms. The van der Waals surface area contributed by atoms with Gasteiger partial charge in [0.1, 0.15) is 6.10 Å². The van der Waals surface area contributed by atoms with Crippen LogP contribution in [0.25, 0.3) is 0 Å². The van der Waals surface area contributed by atoms with Crippen LogP contribution in [0.5, 0.6) is 0 Å². The average Bonchev–Trinajstić information content (AvgIpc) is 2.72. The minimum absolute atomic E-state index is 0.105. The summed E-state index contributed by atoms with van der Waals surface area (Å²) < 4.78 is 5.08. The highest BCUT2D eigenvalue weighted by Gasteiger charge is 2.64. The van der Waals surface area contributed by atoms with Crippen LogP contribution in [0.4, 0.5) is 0 Å². The molecule has 5 rings (SSSR count). The molecule has 2 aliphatic heterocycles. The van der Waals surface area contributed by atoms with Gasteiger partial charge in [0.2, 0.25) is 5.60 Å². The number of fused-ring (bicyclic) bond motifs is 1. The molecular weight excluding hydrogens is 308 g/mol. The molecule has 0 spiro atoms. The summed E-state index contributed by atoms with van der Waals surface area (Å²) in [6, 6.07) is 7.59. The van der Waals surface area contributed by atoms with Crippen LogP contribution in [-0.4, -0.2) is 34.3 Å². The number of hydrogen-bond donors (Lipinski definition) is 1. The molecule has 0 saturated heterocycles. The maximum absolute atomic E-state index is 13.0. The van der Waals surface area contributed by atoms with E-state index in [-0.39, 0.29) is 23.4 Å². The molecule has 2 heterocycles. The number of esters is 1. The third kappa shape index (κ3) is 1.70. The first-order chi connectivity index (χ1) is 11.3. The Labute approximate surface area is 138 Å². The van der Waals surface area contributed by atoms with Crippen LogP contribution in [-0.2, 0) is 25.5 Å². The summed E-state index contributed by atoms with van der Waals surface area (Å²) in [7, 11) is 0. The maximum atomic E-state index is 13.0. The number of ketones is 2. The number of aliphatic hydroxyl groups is 1. The molecule has 4 aliphatic rings. The Morgan fingerprint density at radius 2 is 1.96 bits per heavy atom. The Morgan fingerprint density at radius 3 is 2.62 bits per heavy atom. The summed E-state index contributed by atoms with van der Waals surface area (Å²) in [4.78, 5) is 38.0. The van der Waals surface area contributed by atoms with Crippen molar-refractivity contribution in [3.05, 3.63) is 58.7 Å². The van der Waals surface area contributed by atoms with Gasteiger partial charge in [-0.1, -0.05) is 29.8 Å². The van der Waals surface area contributed by atoms with E-state index in [0.717, 1.165) is 11.1 Å². The number of benzene rings is 1. The van der Waals surface area contributed by atoms with E-state index >= 15 is 0 Å². The molecule has 0 fully saturated rings. The van der Waals surface area contributed by atoms with E-state index in [2.05, 4.69) is 0 Å². The molecule has 5 nitrogen and oxygen atoms in total. The Bertz CT molecular complexity index is 877. The van der Waals surface area contributed by atoms with Crippen LogP contribution in [0.2, 0.25) is 0 Å². The van der Waals surface area contributed by atoms with E-state index in [1.807, 2.05) is 31.2 Å². The zero-order chi connectivity index (χ0) is 17.3. The molecule has 1 aromatic rings. The normalized spacial score (nSPS) is 34.0. The molecular formula is C19H16O5. The molecule has 0 amide bonds. The van der Waals surface area contributed by atoms with Gasteiger partial charge in [0, 0.05) is 0 Å². The van der Waals surface area contributed by atoms with Crippen molar-refractivity contribution in [1.82, 2.24) is 0 Å². The van der Waals surface area contributed by atoms with Gasteiger partial charge in [-0.3, -0.25) is 9.59 Å². The number of aryl methyl sites for hydroxylation is 1. The van der Waals surface area contributed by atoms with Gasteiger partial charge in [-0.25, -0.2) is 4.79 Å². The van der Waals surface area contributed by atoms with Crippen molar-refractivity contribution >= 4 is 17.5 Å². The number of carbonyl (C=O) groups excluding carboxylic acids is 3. The van der Waals surface area contributed by atoms with E-state index in [4.69, 9.17) is 4.74 Å². The van der Waals surface area contributed by atoms with E-state index in [1.165, 1.54) is 12.2 Å². The van der Waals surface area contributed by atoms with Crippen LogP contribution in [0, 0.1) is 12.3 Å². The van der Waals surface area contributed by atoms with Crippen molar-refractivity contribution in [3.8, 4) is 0 Å². The number of hydrogen-bond acceptors (Lipinski definition) is 5. The molecule has 1 aromatic carbocycles. The highest BCUT2D eigenvalue weighted by molar-refractivity contribution is 6.31. The summed E-state index contributed by atoms with van der Waals surface area (Å²) >= 11 is 0. The van der Waals surface area contributed by atoms with Crippen molar-refractivity contribution in [2.24, 2.45) is 5.41 Å². The second-order valence-electron chi connectivity index (χ2n) is 6.90. The standard InChI is InChI=1S/C19H16O5/c1-10-4-3-5-11(8-10)9-18(2)15(20)13-12-6-7-19(23,17(22)24-12)14(13)16(18)21/h3-8,12,23H,9H2,1-2H3. The molecule has 24 heavy (non-hydrogen) atoms.